The molecule has 1 atom stereocenters. The third-order valence-electron chi connectivity index (χ3n) is 1.97. The molecule has 10 heavy (non-hydrogen) atoms. The van der Waals surface area contributed by atoms with E-state index >= 15 is 0 Å². The quantitative estimate of drug-likeness (QED) is 0.423. The second kappa shape index (κ2) is 3.40. The highest BCUT2D eigenvalue weighted by Crippen LogP contribution is 2.19. The standard InChI is InChI=1S/C8H13ClO/c1-6-3-8(4-9)10-5-7(6)2/h8H,3-5H2,1-2H3/t8-/m1/s1. The molecule has 0 bridgehead atoms. The van der Waals surface area contributed by atoms with Gasteiger partial charge in [-0.25, -0.2) is 0 Å². The molecule has 0 N–H and O–H groups in total. The van der Waals surface area contributed by atoms with E-state index in [9.17, 15) is 0 Å². The van der Waals surface area contributed by atoms with Crippen molar-refractivity contribution in [3.05, 3.63) is 11.1 Å². The first-order valence-electron chi connectivity index (χ1n) is 3.57. The topological polar surface area (TPSA) is 9.23 Å². The van der Waals surface area contributed by atoms with Crippen LogP contribution in [0.25, 0.3) is 0 Å². The van der Waals surface area contributed by atoms with Gasteiger partial charge in [-0.3, -0.25) is 0 Å². The van der Waals surface area contributed by atoms with Gasteiger partial charge in [0.2, 0.25) is 0 Å². The third kappa shape index (κ3) is 1.74. The Labute approximate surface area is 67.0 Å². The van der Waals surface area contributed by atoms with E-state index in [1.807, 2.05) is 0 Å². The minimum Gasteiger partial charge on any atom is -0.372 e. The summed E-state index contributed by atoms with van der Waals surface area (Å²) in [5.41, 5.74) is 2.80. The summed E-state index contributed by atoms with van der Waals surface area (Å²) in [5.74, 6) is 0.616. The van der Waals surface area contributed by atoms with Gasteiger partial charge >= 0.3 is 0 Å². The summed E-state index contributed by atoms with van der Waals surface area (Å²) in [6, 6.07) is 0. The Morgan fingerprint density at radius 2 is 2.20 bits per heavy atom. The van der Waals surface area contributed by atoms with Crippen LogP contribution in [-0.2, 0) is 4.74 Å². The number of halogens is 1. The molecule has 0 saturated carbocycles. The van der Waals surface area contributed by atoms with E-state index in [-0.39, 0.29) is 6.10 Å². The molecule has 1 aliphatic rings. The number of rotatable bonds is 1. The van der Waals surface area contributed by atoms with Gasteiger partial charge in [0.15, 0.2) is 0 Å². The van der Waals surface area contributed by atoms with Crippen molar-refractivity contribution in [1.29, 1.82) is 0 Å². The number of ether oxygens (including phenoxy) is 1. The van der Waals surface area contributed by atoms with Crippen LogP contribution in [0.1, 0.15) is 20.3 Å². The maximum atomic E-state index is 5.65. The molecular formula is C8H13ClO. The Hall–Kier alpha value is -0.0100. The van der Waals surface area contributed by atoms with Crippen LogP contribution in [-0.4, -0.2) is 18.6 Å². The summed E-state index contributed by atoms with van der Waals surface area (Å²) in [7, 11) is 0. The molecule has 0 aliphatic carbocycles. The van der Waals surface area contributed by atoms with Crippen LogP contribution in [0.4, 0.5) is 0 Å². The summed E-state index contributed by atoms with van der Waals surface area (Å²) in [6.45, 7) is 5.03. The molecule has 1 heterocycles. The highest BCUT2D eigenvalue weighted by Gasteiger charge is 2.15. The van der Waals surface area contributed by atoms with Gasteiger partial charge in [0.05, 0.1) is 12.7 Å². The molecule has 0 spiro atoms. The highest BCUT2D eigenvalue weighted by atomic mass is 35.5. The highest BCUT2D eigenvalue weighted by molar-refractivity contribution is 6.18. The maximum absolute atomic E-state index is 5.65. The molecule has 0 radical (unpaired) electrons. The molecule has 58 valence electrons. The summed E-state index contributed by atoms with van der Waals surface area (Å²) < 4.78 is 5.42. The molecule has 0 aromatic rings. The summed E-state index contributed by atoms with van der Waals surface area (Å²) in [6.07, 6.45) is 1.26. The van der Waals surface area contributed by atoms with Crippen LogP contribution in [0.15, 0.2) is 11.1 Å². The minimum absolute atomic E-state index is 0.255. The number of alkyl halides is 1. The number of hydrogen-bond donors (Lipinski definition) is 0. The van der Waals surface area contributed by atoms with Gasteiger partial charge in [-0.2, -0.15) is 0 Å². The van der Waals surface area contributed by atoms with Crippen molar-refractivity contribution in [3.63, 3.8) is 0 Å². The molecule has 0 amide bonds. The Kier molecular flexibility index (Phi) is 2.75. The molecule has 1 aliphatic heterocycles. The molecule has 1 rings (SSSR count). The van der Waals surface area contributed by atoms with Crippen LogP contribution >= 0.6 is 11.6 Å². The first-order valence-corrected chi connectivity index (χ1v) is 4.10. The lowest BCUT2D eigenvalue weighted by Gasteiger charge is -2.22. The Morgan fingerprint density at radius 1 is 1.50 bits per heavy atom. The van der Waals surface area contributed by atoms with Crippen molar-refractivity contribution in [1.82, 2.24) is 0 Å². The normalized spacial score (nSPS) is 27.3. The van der Waals surface area contributed by atoms with Crippen LogP contribution in [0, 0.1) is 0 Å². The van der Waals surface area contributed by atoms with Crippen molar-refractivity contribution >= 4 is 11.6 Å². The van der Waals surface area contributed by atoms with E-state index in [1.54, 1.807) is 0 Å². The van der Waals surface area contributed by atoms with Crippen molar-refractivity contribution in [2.24, 2.45) is 0 Å². The van der Waals surface area contributed by atoms with Crippen LogP contribution in [0.5, 0.6) is 0 Å². The maximum Gasteiger partial charge on any atom is 0.0751 e. The fraction of sp³-hybridized carbons (Fsp3) is 0.750. The fourth-order valence-corrected chi connectivity index (χ4v) is 1.24. The van der Waals surface area contributed by atoms with Crippen molar-refractivity contribution < 1.29 is 4.74 Å². The van der Waals surface area contributed by atoms with Gasteiger partial charge in [0.1, 0.15) is 0 Å². The molecule has 0 unspecified atom stereocenters. The molecule has 0 aromatic carbocycles. The van der Waals surface area contributed by atoms with Crippen LogP contribution in [0.2, 0.25) is 0 Å². The van der Waals surface area contributed by atoms with E-state index < -0.39 is 0 Å². The van der Waals surface area contributed by atoms with E-state index in [2.05, 4.69) is 13.8 Å². The van der Waals surface area contributed by atoms with E-state index in [0.717, 1.165) is 13.0 Å². The van der Waals surface area contributed by atoms with E-state index in [4.69, 9.17) is 16.3 Å². The summed E-state index contributed by atoms with van der Waals surface area (Å²) in [4.78, 5) is 0. The van der Waals surface area contributed by atoms with Gasteiger partial charge in [0, 0.05) is 5.88 Å². The van der Waals surface area contributed by atoms with Crippen LogP contribution < -0.4 is 0 Å². The largest absolute Gasteiger partial charge is 0.372 e. The van der Waals surface area contributed by atoms with Crippen molar-refractivity contribution in [2.45, 2.75) is 26.4 Å². The fourth-order valence-electron chi connectivity index (χ4n) is 1.04. The first-order chi connectivity index (χ1) is 4.74. The summed E-state index contributed by atoms with van der Waals surface area (Å²) in [5, 5.41) is 0. The predicted molar refractivity (Wildman–Crippen MR) is 43.5 cm³/mol. The average molecular weight is 161 g/mol. The molecule has 2 heteroatoms. The van der Waals surface area contributed by atoms with Gasteiger partial charge < -0.3 is 4.74 Å². The lowest BCUT2D eigenvalue weighted by atomic mass is 10.0. The SMILES string of the molecule is CC1=C(C)C[C@H](CCl)OC1. The van der Waals surface area contributed by atoms with Gasteiger partial charge in [0.25, 0.3) is 0 Å². The lowest BCUT2D eigenvalue weighted by Crippen LogP contribution is -2.21. The summed E-state index contributed by atoms with van der Waals surface area (Å²) >= 11 is 5.65. The molecule has 0 saturated heterocycles. The second-order valence-corrected chi connectivity index (χ2v) is 3.16. The van der Waals surface area contributed by atoms with Gasteiger partial charge in [-0.1, -0.05) is 5.57 Å². The average Bonchev–Trinajstić information content (AvgIpc) is 1.95. The Balaban J connectivity index is 2.54. The zero-order chi connectivity index (χ0) is 7.56. The molecule has 0 fully saturated rings. The Morgan fingerprint density at radius 3 is 2.70 bits per heavy atom. The Bertz CT molecular complexity index is 151. The van der Waals surface area contributed by atoms with Crippen LogP contribution in [0.3, 0.4) is 0 Å². The lowest BCUT2D eigenvalue weighted by molar-refractivity contribution is 0.0743. The van der Waals surface area contributed by atoms with E-state index in [0.29, 0.717) is 5.88 Å². The number of hydrogen-bond acceptors (Lipinski definition) is 1. The molecule has 1 nitrogen and oxygen atoms in total. The van der Waals surface area contributed by atoms with Gasteiger partial charge in [-0.05, 0) is 25.8 Å². The first kappa shape index (κ1) is 8.09. The third-order valence-corrected chi connectivity index (χ3v) is 2.31. The second-order valence-electron chi connectivity index (χ2n) is 2.85. The van der Waals surface area contributed by atoms with Crippen molar-refractivity contribution in [3.8, 4) is 0 Å². The zero-order valence-electron chi connectivity index (χ0n) is 6.48. The minimum atomic E-state index is 0.255. The predicted octanol–water partition coefficient (Wildman–Crippen LogP) is 2.35. The van der Waals surface area contributed by atoms with E-state index in [1.165, 1.54) is 11.1 Å². The van der Waals surface area contributed by atoms with Crippen molar-refractivity contribution in [2.75, 3.05) is 12.5 Å². The zero-order valence-corrected chi connectivity index (χ0v) is 7.24. The smallest absolute Gasteiger partial charge is 0.0751 e. The molecule has 0 aromatic heterocycles. The monoisotopic (exact) mass is 160 g/mol. The van der Waals surface area contributed by atoms with Gasteiger partial charge in [-0.15, -0.1) is 11.6 Å². The molecular weight excluding hydrogens is 148 g/mol.